The van der Waals surface area contributed by atoms with Gasteiger partial charge in [0.1, 0.15) is 0 Å². The van der Waals surface area contributed by atoms with E-state index in [1.807, 2.05) is 30.6 Å². The molecule has 0 aromatic heterocycles. The zero-order valence-electron chi connectivity index (χ0n) is 14.1. The minimum absolute atomic E-state index is 0.0701. The Morgan fingerprint density at radius 3 is 2.14 bits per heavy atom. The molecule has 0 aromatic rings. The smallest absolute Gasteiger partial charge is 0.319 e. The summed E-state index contributed by atoms with van der Waals surface area (Å²) in [6, 6.07) is 0.220. The first-order valence-corrected chi connectivity index (χ1v) is 7.91. The highest BCUT2D eigenvalue weighted by Gasteiger charge is 2.26. The van der Waals surface area contributed by atoms with E-state index in [1.165, 1.54) is 0 Å². The maximum atomic E-state index is 12.2. The Morgan fingerprint density at radius 1 is 1.19 bits per heavy atom. The molecule has 1 aliphatic heterocycles. The van der Waals surface area contributed by atoms with Gasteiger partial charge in [-0.05, 0) is 33.6 Å². The van der Waals surface area contributed by atoms with Crippen LogP contribution in [0, 0.1) is 0 Å². The summed E-state index contributed by atoms with van der Waals surface area (Å²) in [5, 5.41) is 3.41. The van der Waals surface area contributed by atoms with Crippen molar-refractivity contribution in [2.45, 2.75) is 45.7 Å². The van der Waals surface area contributed by atoms with E-state index in [0.717, 1.165) is 39.0 Å². The SMILES string of the molecule is CCN(CC)C(=O)C(C)NC1CCN(C(=O)N(C)C)CC1. The van der Waals surface area contributed by atoms with Crippen molar-refractivity contribution in [3.05, 3.63) is 0 Å². The molecule has 0 aliphatic carbocycles. The minimum atomic E-state index is -0.161. The van der Waals surface area contributed by atoms with E-state index in [2.05, 4.69) is 5.32 Å². The second kappa shape index (κ2) is 8.22. The average Bonchev–Trinajstić information content (AvgIpc) is 2.48. The number of hydrogen-bond acceptors (Lipinski definition) is 3. The number of amides is 3. The number of hydrogen-bond donors (Lipinski definition) is 1. The first-order chi connectivity index (χ1) is 9.90. The lowest BCUT2D eigenvalue weighted by molar-refractivity contribution is -0.132. The van der Waals surface area contributed by atoms with Crippen LogP contribution in [-0.4, -0.2) is 79.0 Å². The molecular formula is C15H30N4O2. The highest BCUT2D eigenvalue weighted by Crippen LogP contribution is 2.12. The molecule has 1 fully saturated rings. The number of carbonyl (C=O) groups is 2. The van der Waals surface area contributed by atoms with E-state index in [4.69, 9.17) is 0 Å². The summed E-state index contributed by atoms with van der Waals surface area (Å²) in [5.74, 6) is 0.159. The van der Waals surface area contributed by atoms with Crippen LogP contribution in [0.1, 0.15) is 33.6 Å². The van der Waals surface area contributed by atoms with Crippen LogP contribution in [0.4, 0.5) is 4.79 Å². The van der Waals surface area contributed by atoms with Gasteiger partial charge in [-0.1, -0.05) is 0 Å². The average molecular weight is 298 g/mol. The number of urea groups is 1. The molecule has 1 aliphatic rings. The fourth-order valence-electron chi connectivity index (χ4n) is 2.75. The maximum Gasteiger partial charge on any atom is 0.319 e. The summed E-state index contributed by atoms with van der Waals surface area (Å²) in [5.41, 5.74) is 0. The summed E-state index contributed by atoms with van der Waals surface area (Å²) in [6.45, 7) is 8.92. The third-order valence-corrected chi connectivity index (χ3v) is 4.08. The zero-order chi connectivity index (χ0) is 16.0. The summed E-state index contributed by atoms with van der Waals surface area (Å²) in [6.07, 6.45) is 1.80. The van der Waals surface area contributed by atoms with Crippen molar-refractivity contribution < 1.29 is 9.59 Å². The summed E-state index contributed by atoms with van der Waals surface area (Å²) in [7, 11) is 3.55. The van der Waals surface area contributed by atoms with E-state index < -0.39 is 0 Å². The summed E-state index contributed by atoms with van der Waals surface area (Å²) < 4.78 is 0. The minimum Gasteiger partial charge on any atom is -0.342 e. The normalized spacial score (nSPS) is 17.5. The van der Waals surface area contributed by atoms with Crippen molar-refractivity contribution in [2.75, 3.05) is 40.3 Å². The fraction of sp³-hybridized carbons (Fsp3) is 0.867. The molecule has 0 bridgehead atoms. The number of likely N-dealkylation sites (tertiary alicyclic amines) is 1. The highest BCUT2D eigenvalue weighted by atomic mass is 16.2. The maximum absolute atomic E-state index is 12.2. The summed E-state index contributed by atoms with van der Waals surface area (Å²) in [4.78, 5) is 29.4. The first-order valence-electron chi connectivity index (χ1n) is 7.91. The van der Waals surface area contributed by atoms with Gasteiger partial charge in [0.15, 0.2) is 0 Å². The van der Waals surface area contributed by atoms with Crippen LogP contribution in [0.25, 0.3) is 0 Å². The van der Waals surface area contributed by atoms with Crippen molar-refractivity contribution in [1.82, 2.24) is 20.0 Å². The molecule has 6 nitrogen and oxygen atoms in total. The predicted molar refractivity (Wildman–Crippen MR) is 84.2 cm³/mol. The molecule has 6 heteroatoms. The van der Waals surface area contributed by atoms with E-state index in [1.54, 1.807) is 19.0 Å². The van der Waals surface area contributed by atoms with Gasteiger partial charge in [0.2, 0.25) is 5.91 Å². The van der Waals surface area contributed by atoms with Crippen LogP contribution >= 0.6 is 0 Å². The number of rotatable bonds is 5. The van der Waals surface area contributed by atoms with Gasteiger partial charge in [0.05, 0.1) is 6.04 Å². The molecule has 1 unspecified atom stereocenters. The van der Waals surface area contributed by atoms with Gasteiger partial charge in [-0.2, -0.15) is 0 Å². The van der Waals surface area contributed by atoms with Crippen LogP contribution in [0.15, 0.2) is 0 Å². The Labute approximate surface area is 128 Å². The zero-order valence-corrected chi connectivity index (χ0v) is 14.1. The van der Waals surface area contributed by atoms with Gasteiger partial charge < -0.3 is 20.0 Å². The molecule has 1 saturated heterocycles. The Kier molecular flexibility index (Phi) is 6.95. The first kappa shape index (κ1) is 17.8. The lowest BCUT2D eigenvalue weighted by atomic mass is 10.0. The van der Waals surface area contributed by atoms with Gasteiger partial charge in [-0.25, -0.2) is 4.79 Å². The Balaban J connectivity index is 2.42. The molecule has 3 amide bonds. The third kappa shape index (κ3) is 4.88. The van der Waals surface area contributed by atoms with Crippen LogP contribution in [0.3, 0.4) is 0 Å². The van der Waals surface area contributed by atoms with Crippen molar-refractivity contribution in [2.24, 2.45) is 0 Å². The van der Waals surface area contributed by atoms with Crippen LogP contribution < -0.4 is 5.32 Å². The standard InChI is InChI=1S/C15H30N4O2/c1-6-18(7-2)14(20)12(3)16-13-8-10-19(11-9-13)15(21)17(4)5/h12-13,16H,6-11H2,1-5H3. The van der Waals surface area contributed by atoms with Crippen LogP contribution in [0.2, 0.25) is 0 Å². The van der Waals surface area contributed by atoms with Gasteiger partial charge in [-0.15, -0.1) is 0 Å². The Bertz CT molecular complexity index is 348. The lowest BCUT2D eigenvalue weighted by Gasteiger charge is -2.35. The lowest BCUT2D eigenvalue weighted by Crippen LogP contribution is -2.53. The molecule has 1 rings (SSSR count). The monoisotopic (exact) mass is 298 g/mol. The fourth-order valence-corrected chi connectivity index (χ4v) is 2.75. The van der Waals surface area contributed by atoms with E-state index >= 15 is 0 Å². The Hall–Kier alpha value is -1.30. The largest absolute Gasteiger partial charge is 0.342 e. The molecule has 0 aromatic carbocycles. The predicted octanol–water partition coefficient (Wildman–Crippen LogP) is 0.979. The highest BCUT2D eigenvalue weighted by molar-refractivity contribution is 5.81. The molecule has 1 N–H and O–H groups in total. The van der Waals surface area contributed by atoms with Crippen molar-refractivity contribution >= 4 is 11.9 Å². The second-order valence-corrected chi connectivity index (χ2v) is 5.84. The van der Waals surface area contributed by atoms with Crippen LogP contribution in [-0.2, 0) is 4.79 Å². The van der Waals surface area contributed by atoms with Gasteiger partial charge in [0.25, 0.3) is 0 Å². The molecule has 1 heterocycles. The number of nitrogens with one attached hydrogen (secondary N) is 1. The van der Waals surface area contributed by atoms with Gasteiger partial charge >= 0.3 is 6.03 Å². The van der Waals surface area contributed by atoms with Gasteiger partial charge in [-0.3, -0.25) is 4.79 Å². The topological polar surface area (TPSA) is 55.9 Å². The number of likely N-dealkylation sites (N-methyl/N-ethyl adjacent to an activating group) is 1. The molecular weight excluding hydrogens is 268 g/mol. The number of piperidine rings is 1. The molecule has 0 saturated carbocycles. The number of nitrogens with zero attached hydrogens (tertiary/aromatic N) is 3. The molecule has 0 spiro atoms. The Morgan fingerprint density at radius 2 is 1.71 bits per heavy atom. The van der Waals surface area contributed by atoms with E-state index in [9.17, 15) is 9.59 Å². The second-order valence-electron chi connectivity index (χ2n) is 5.84. The van der Waals surface area contributed by atoms with E-state index in [-0.39, 0.29) is 18.0 Å². The number of carbonyl (C=O) groups excluding carboxylic acids is 2. The van der Waals surface area contributed by atoms with Gasteiger partial charge in [0, 0.05) is 46.3 Å². The molecule has 21 heavy (non-hydrogen) atoms. The van der Waals surface area contributed by atoms with Crippen molar-refractivity contribution in [1.29, 1.82) is 0 Å². The van der Waals surface area contributed by atoms with E-state index in [0.29, 0.717) is 6.04 Å². The third-order valence-electron chi connectivity index (χ3n) is 4.08. The van der Waals surface area contributed by atoms with Crippen molar-refractivity contribution in [3.8, 4) is 0 Å². The summed E-state index contributed by atoms with van der Waals surface area (Å²) >= 11 is 0. The molecule has 122 valence electrons. The van der Waals surface area contributed by atoms with Crippen molar-refractivity contribution in [3.63, 3.8) is 0 Å². The molecule has 1 atom stereocenters. The van der Waals surface area contributed by atoms with Crippen LogP contribution in [0.5, 0.6) is 0 Å². The quantitative estimate of drug-likeness (QED) is 0.823. The molecule has 0 radical (unpaired) electrons.